The van der Waals surface area contributed by atoms with E-state index in [9.17, 15) is 0 Å². The molecule has 0 saturated heterocycles. The molecule has 4 heteroatoms. The molecule has 0 amide bonds. The molecule has 1 heterocycles. The van der Waals surface area contributed by atoms with Crippen LogP contribution in [0.5, 0.6) is 0 Å². The molecule has 1 saturated carbocycles. The van der Waals surface area contributed by atoms with Gasteiger partial charge in [0.2, 0.25) is 0 Å². The summed E-state index contributed by atoms with van der Waals surface area (Å²) in [7, 11) is 0. The van der Waals surface area contributed by atoms with Gasteiger partial charge in [0.15, 0.2) is 5.82 Å². The Morgan fingerprint density at radius 3 is 2.62 bits per heavy atom. The summed E-state index contributed by atoms with van der Waals surface area (Å²) in [6, 6.07) is 12.2. The summed E-state index contributed by atoms with van der Waals surface area (Å²) in [5.74, 6) is 1.48. The van der Waals surface area contributed by atoms with Gasteiger partial charge in [-0.1, -0.05) is 62.2 Å². The van der Waals surface area contributed by atoms with Crippen molar-refractivity contribution < 1.29 is 0 Å². The first-order valence-electron chi connectivity index (χ1n) is 7.41. The third-order valence-corrected chi connectivity index (χ3v) is 4.50. The monoisotopic (exact) mass is 301 g/mol. The number of rotatable bonds is 3. The molecule has 3 nitrogen and oxygen atoms in total. The topological polar surface area (TPSA) is 37.8 Å². The molecule has 0 radical (unpaired) electrons. The molecule has 1 aromatic heterocycles. The minimum atomic E-state index is 0.296. The lowest BCUT2D eigenvalue weighted by Crippen LogP contribution is -2.31. The highest BCUT2D eigenvalue weighted by atomic mass is 35.5. The summed E-state index contributed by atoms with van der Waals surface area (Å²) in [5.41, 5.74) is 1.28. The minimum absolute atomic E-state index is 0.296. The van der Waals surface area contributed by atoms with Crippen molar-refractivity contribution in [2.24, 2.45) is 5.41 Å². The second kappa shape index (κ2) is 5.64. The number of halogens is 1. The quantitative estimate of drug-likeness (QED) is 0.828. The SMILES string of the molecule is CC1(C)CCCC1Nc1cc(Cl)nc(-c2ccccc2)n1. The number of aromatic nitrogens is 2. The number of nitrogens with zero attached hydrogens (tertiary/aromatic N) is 2. The second-order valence-electron chi connectivity index (χ2n) is 6.34. The molecule has 1 aliphatic carbocycles. The number of anilines is 1. The van der Waals surface area contributed by atoms with Crippen molar-refractivity contribution in [3.05, 3.63) is 41.6 Å². The van der Waals surface area contributed by atoms with Crippen LogP contribution in [0.3, 0.4) is 0 Å². The van der Waals surface area contributed by atoms with E-state index in [1.54, 1.807) is 0 Å². The molecule has 1 N–H and O–H groups in total. The van der Waals surface area contributed by atoms with Crippen LogP contribution in [0.4, 0.5) is 5.82 Å². The summed E-state index contributed by atoms with van der Waals surface area (Å²) < 4.78 is 0. The smallest absolute Gasteiger partial charge is 0.163 e. The van der Waals surface area contributed by atoms with Gasteiger partial charge in [0.05, 0.1) is 0 Å². The number of nitrogens with one attached hydrogen (secondary N) is 1. The molecule has 2 aromatic rings. The fraction of sp³-hybridized carbons (Fsp3) is 0.412. The van der Waals surface area contributed by atoms with Gasteiger partial charge in [-0.3, -0.25) is 0 Å². The highest BCUT2D eigenvalue weighted by Crippen LogP contribution is 2.39. The van der Waals surface area contributed by atoms with E-state index in [1.807, 2.05) is 36.4 Å². The van der Waals surface area contributed by atoms with E-state index < -0.39 is 0 Å². The summed E-state index contributed by atoms with van der Waals surface area (Å²) in [4.78, 5) is 8.96. The van der Waals surface area contributed by atoms with E-state index >= 15 is 0 Å². The molecule has 1 unspecified atom stereocenters. The fourth-order valence-electron chi connectivity index (χ4n) is 2.98. The number of hydrogen-bond acceptors (Lipinski definition) is 3. The van der Waals surface area contributed by atoms with Crippen LogP contribution in [-0.4, -0.2) is 16.0 Å². The maximum atomic E-state index is 6.17. The van der Waals surface area contributed by atoms with Crippen LogP contribution >= 0.6 is 11.6 Å². The zero-order valence-corrected chi connectivity index (χ0v) is 13.2. The highest BCUT2D eigenvalue weighted by molar-refractivity contribution is 6.29. The Bertz CT molecular complexity index is 625. The Hall–Kier alpha value is -1.61. The van der Waals surface area contributed by atoms with Gasteiger partial charge in [-0.15, -0.1) is 0 Å². The van der Waals surface area contributed by atoms with E-state index in [0.29, 0.717) is 22.4 Å². The molecule has 21 heavy (non-hydrogen) atoms. The predicted molar refractivity (Wildman–Crippen MR) is 87.5 cm³/mol. The Balaban J connectivity index is 1.88. The third kappa shape index (κ3) is 3.18. The lowest BCUT2D eigenvalue weighted by Gasteiger charge is -2.28. The van der Waals surface area contributed by atoms with E-state index in [-0.39, 0.29) is 0 Å². The average Bonchev–Trinajstić information content (AvgIpc) is 2.78. The molecule has 3 rings (SSSR count). The van der Waals surface area contributed by atoms with E-state index in [0.717, 1.165) is 11.4 Å². The zero-order chi connectivity index (χ0) is 14.9. The third-order valence-electron chi connectivity index (χ3n) is 4.31. The van der Waals surface area contributed by atoms with Crippen LogP contribution in [0.25, 0.3) is 11.4 Å². The van der Waals surface area contributed by atoms with Crippen molar-refractivity contribution in [1.82, 2.24) is 9.97 Å². The van der Waals surface area contributed by atoms with Gasteiger partial charge in [-0.05, 0) is 18.3 Å². The van der Waals surface area contributed by atoms with Crippen molar-refractivity contribution in [3.8, 4) is 11.4 Å². The Kier molecular flexibility index (Phi) is 3.85. The molecule has 0 bridgehead atoms. The molecule has 0 spiro atoms. The van der Waals surface area contributed by atoms with Crippen LogP contribution in [0.15, 0.2) is 36.4 Å². The first-order valence-corrected chi connectivity index (χ1v) is 7.79. The van der Waals surface area contributed by atoms with Crippen LogP contribution in [0.2, 0.25) is 5.15 Å². The lowest BCUT2D eigenvalue weighted by atomic mass is 9.87. The van der Waals surface area contributed by atoms with Gasteiger partial charge < -0.3 is 5.32 Å². The lowest BCUT2D eigenvalue weighted by molar-refractivity contribution is 0.349. The van der Waals surface area contributed by atoms with Gasteiger partial charge in [0.1, 0.15) is 11.0 Å². The second-order valence-corrected chi connectivity index (χ2v) is 6.73. The Labute approximate surface area is 130 Å². The molecule has 1 aliphatic rings. The van der Waals surface area contributed by atoms with Gasteiger partial charge in [0.25, 0.3) is 0 Å². The summed E-state index contributed by atoms with van der Waals surface area (Å²) in [5, 5.41) is 4.02. The zero-order valence-electron chi connectivity index (χ0n) is 12.4. The maximum absolute atomic E-state index is 6.17. The van der Waals surface area contributed by atoms with Crippen molar-refractivity contribution >= 4 is 17.4 Å². The molecule has 1 fully saturated rings. The highest BCUT2D eigenvalue weighted by Gasteiger charge is 2.34. The van der Waals surface area contributed by atoms with Crippen LogP contribution in [0.1, 0.15) is 33.1 Å². The molecular formula is C17H20ClN3. The first-order chi connectivity index (χ1) is 10.0. The summed E-state index contributed by atoms with van der Waals surface area (Å²) in [6.45, 7) is 4.61. The first kappa shape index (κ1) is 14.3. The van der Waals surface area contributed by atoms with Crippen molar-refractivity contribution in [2.75, 3.05) is 5.32 Å². The van der Waals surface area contributed by atoms with E-state index in [4.69, 9.17) is 11.6 Å². The molecule has 0 aliphatic heterocycles. The van der Waals surface area contributed by atoms with Crippen molar-refractivity contribution in [3.63, 3.8) is 0 Å². The van der Waals surface area contributed by atoms with Gasteiger partial charge in [-0.2, -0.15) is 0 Å². The van der Waals surface area contributed by atoms with Crippen molar-refractivity contribution in [1.29, 1.82) is 0 Å². The summed E-state index contributed by atoms with van der Waals surface area (Å²) >= 11 is 6.17. The number of hydrogen-bond donors (Lipinski definition) is 1. The van der Waals surface area contributed by atoms with Gasteiger partial charge in [-0.25, -0.2) is 9.97 Å². The van der Waals surface area contributed by atoms with Gasteiger partial charge >= 0.3 is 0 Å². The molecule has 110 valence electrons. The Morgan fingerprint density at radius 1 is 1.19 bits per heavy atom. The van der Waals surface area contributed by atoms with E-state index in [1.165, 1.54) is 19.3 Å². The maximum Gasteiger partial charge on any atom is 0.163 e. The fourth-order valence-corrected chi connectivity index (χ4v) is 3.16. The largest absolute Gasteiger partial charge is 0.367 e. The van der Waals surface area contributed by atoms with Crippen molar-refractivity contribution in [2.45, 2.75) is 39.2 Å². The number of benzene rings is 1. The van der Waals surface area contributed by atoms with Gasteiger partial charge in [0, 0.05) is 17.7 Å². The molecule has 1 aromatic carbocycles. The molecule has 1 atom stereocenters. The Morgan fingerprint density at radius 2 is 1.95 bits per heavy atom. The molecular weight excluding hydrogens is 282 g/mol. The normalized spacial score (nSPS) is 20.4. The predicted octanol–water partition coefficient (Wildman–Crippen LogP) is 4.79. The standard InChI is InChI=1S/C17H20ClN3/c1-17(2)10-6-9-13(17)19-15-11-14(18)20-16(21-15)12-7-4-3-5-8-12/h3-5,7-8,11,13H,6,9-10H2,1-2H3,(H,19,20,21). The van der Waals surface area contributed by atoms with Crippen LogP contribution < -0.4 is 5.32 Å². The van der Waals surface area contributed by atoms with Crippen LogP contribution in [0, 0.1) is 5.41 Å². The van der Waals surface area contributed by atoms with E-state index in [2.05, 4.69) is 29.1 Å². The minimum Gasteiger partial charge on any atom is -0.367 e. The van der Waals surface area contributed by atoms with Crippen LogP contribution in [-0.2, 0) is 0 Å². The average molecular weight is 302 g/mol. The summed E-state index contributed by atoms with van der Waals surface area (Å²) in [6.07, 6.45) is 3.68.